The van der Waals surface area contributed by atoms with Crippen molar-refractivity contribution in [2.24, 2.45) is 0 Å². The van der Waals surface area contributed by atoms with E-state index in [4.69, 9.17) is 9.47 Å². The van der Waals surface area contributed by atoms with Crippen LogP contribution in [-0.2, 0) is 16.0 Å². The summed E-state index contributed by atoms with van der Waals surface area (Å²) in [5, 5.41) is 9.26. The first-order chi connectivity index (χ1) is 15.6. The highest BCUT2D eigenvalue weighted by atomic mass is 16.5. The number of nitrogens with zero attached hydrogens (tertiary/aromatic N) is 1. The molecule has 164 valence electrons. The number of fused-ring (bicyclic) bond motifs is 2. The van der Waals surface area contributed by atoms with Gasteiger partial charge in [-0.15, -0.1) is 0 Å². The molecule has 1 atom stereocenters. The number of hydrogen-bond donors (Lipinski definition) is 1. The average Bonchev–Trinajstić information content (AvgIpc) is 2.82. The van der Waals surface area contributed by atoms with Crippen LogP contribution in [0.4, 0.5) is 11.4 Å². The molecule has 0 radical (unpaired) electrons. The molecule has 0 aromatic heterocycles. The third-order valence-electron chi connectivity index (χ3n) is 5.64. The number of aliphatic carboxylic acids is 1. The molecule has 0 saturated carbocycles. The molecule has 0 fully saturated rings. The summed E-state index contributed by atoms with van der Waals surface area (Å²) in [6, 6.07) is 24.3. The van der Waals surface area contributed by atoms with Gasteiger partial charge in [-0.25, -0.2) is 4.79 Å². The molecule has 1 heterocycles. The second-order valence-corrected chi connectivity index (χ2v) is 7.65. The maximum Gasteiger partial charge on any atom is 0.333 e. The van der Waals surface area contributed by atoms with Gasteiger partial charge in [-0.3, -0.25) is 0 Å². The maximum atomic E-state index is 11.3. The molecular formula is C27H27NO4. The number of carboxylic acid groups (broad SMARTS) is 1. The van der Waals surface area contributed by atoms with E-state index < -0.39 is 12.1 Å². The van der Waals surface area contributed by atoms with Crippen LogP contribution in [0.15, 0.2) is 78.9 Å². The van der Waals surface area contributed by atoms with E-state index >= 15 is 0 Å². The van der Waals surface area contributed by atoms with Crippen molar-refractivity contribution in [3.63, 3.8) is 0 Å². The van der Waals surface area contributed by atoms with E-state index in [0.29, 0.717) is 19.6 Å². The molecule has 0 saturated heterocycles. The highest BCUT2D eigenvalue weighted by molar-refractivity contribution is 5.97. The number of rotatable bonds is 8. The fourth-order valence-corrected chi connectivity index (χ4v) is 4.06. The highest BCUT2D eigenvalue weighted by Crippen LogP contribution is 2.43. The molecule has 3 aromatic carbocycles. The van der Waals surface area contributed by atoms with Crippen molar-refractivity contribution in [3.05, 3.63) is 95.6 Å². The molecule has 0 aliphatic carbocycles. The van der Waals surface area contributed by atoms with Crippen molar-refractivity contribution in [2.45, 2.75) is 19.4 Å². The Morgan fingerprint density at radius 3 is 2.12 bits per heavy atom. The molecule has 1 aliphatic heterocycles. The summed E-state index contributed by atoms with van der Waals surface area (Å²) in [5.74, 6) is -0.208. The van der Waals surface area contributed by atoms with Crippen LogP contribution in [0.1, 0.15) is 23.6 Å². The topological polar surface area (TPSA) is 59.0 Å². The Balaban J connectivity index is 1.49. The maximum absolute atomic E-state index is 11.3. The van der Waals surface area contributed by atoms with Crippen LogP contribution in [0, 0.1) is 0 Å². The minimum Gasteiger partial charge on any atom is -0.490 e. The Kier molecular flexibility index (Phi) is 6.57. The van der Waals surface area contributed by atoms with Crippen LogP contribution >= 0.6 is 0 Å². The average molecular weight is 430 g/mol. The minimum atomic E-state index is -0.947. The SMILES string of the molecule is CCOC(Cc1ccc(OCC=C2c3ccccc3N(C)c3ccccc32)cc1)C(=O)O. The molecular weight excluding hydrogens is 402 g/mol. The third-order valence-corrected chi connectivity index (χ3v) is 5.64. The van der Waals surface area contributed by atoms with E-state index in [1.807, 2.05) is 24.3 Å². The van der Waals surface area contributed by atoms with Crippen LogP contribution in [0.2, 0.25) is 0 Å². The van der Waals surface area contributed by atoms with Crippen molar-refractivity contribution < 1.29 is 19.4 Å². The number of anilines is 2. The molecule has 5 heteroatoms. The van der Waals surface area contributed by atoms with Crippen molar-refractivity contribution in [1.29, 1.82) is 0 Å². The number of carboxylic acids is 1. The normalized spacial score (nSPS) is 13.2. The summed E-state index contributed by atoms with van der Waals surface area (Å²) < 4.78 is 11.3. The zero-order chi connectivity index (χ0) is 22.5. The van der Waals surface area contributed by atoms with E-state index in [-0.39, 0.29) is 0 Å². The van der Waals surface area contributed by atoms with Gasteiger partial charge >= 0.3 is 5.97 Å². The number of para-hydroxylation sites is 2. The molecule has 1 unspecified atom stereocenters. The van der Waals surface area contributed by atoms with Gasteiger partial charge in [0.05, 0.1) is 0 Å². The van der Waals surface area contributed by atoms with Crippen LogP contribution in [-0.4, -0.2) is 37.4 Å². The van der Waals surface area contributed by atoms with E-state index in [0.717, 1.165) is 16.9 Å². The number of benzene rings is 3. The Morgan fingerprint density at radius 1 is 0.969 bits per heavy atom. The van der Waals surface area contributed by atoms with Crippen molar-refractivity contribution in [3.8, 4) is 5.75 Å². The zero-order valence-electron chi connectivity index (χ0n) is 18.3. The molecule has 1 N–H and O–H groups in total. The van der Waals surface area contributed by atoms with Crippen molar-refractivity contribution >= 4 is 22.9 Å². The predicted octanol–water partition coefficient (Wildman–Crippen LogP) is 5.31. The lowest BCUT2D eigenvalue weighted by Gasteiger charge is -2.31. The van der Waals surface area contributed by atoms with Gasteiger partial charge < -0.3 is 19.5 Å². The van der Waals surface area contributed by atoms with E-state index in [2.05, 4.69) is 66.6 Å². The standard InChI is InChI=1S/C27H27NO4/c1-3-31-26(27(29)30)18-19-12-14-20(15-13-19)32-17-16-21-22-8-4-6-10-24(22)28(2)25-11-7-5-9-23(21)25/h4-16,26H,3,17-18H2,1-2H3,(H,29,30). The lowest BCUT2D eigenvalue weighted by atomic mass is 9.90. The van der Waals surface area contributed by atoms with E-state index in [1.54, 1.807) is 6.92 Å². The molecule has 32 heavy (non-hydrogen) atoms. The summed E-state index contributed by atoms with van der Waals surface area (Å²) in [6.45, 7) is 2.59. The molecule has 1 aliphatic rings. The van der Waals surface area contributed by atoms with Crippen molar-refractivity contribution in [2.75, 3.05) is 25.2 Å². The van der Waals surface area contributed by atoms with Gasteiger partial charge in [0.15, 0.2) is 6.10 Å². The third kappa shape index (κ3) is 4.53. The minimum absolute atomic E-state index is 0.328. The first-order valence-corrected chi connectivity index (χ1v) is 10.8. The quantitative estimate of drug-likeness (QED) is 0.526. The van der Waals surface area contributed by atoms with Gasteiger partial charge in [-0.2, -0.15) is 0 Å². The molecule has 0 bridgehead atoms. The first kappa shape index (κ1) is 21.7. The lowest BCUT2D eigenvalue weighted by Crippen LogP contribution is -2.26. The Morgan fingerprint density at radius 2 is 1.56 bits per heavy atom. The molecule has 4 rings (SSSR count). The Hall–Kier alpha value is -3.57. The fraction of sp³-hybridized carbons (Fsp3) is 0.222. The number of carbonyl (C=O) groups is 1. The summed E-state index contributed by atoms with van der Waals surface area (Å²) in [4.78, 5) is 13.5. The number of hydrogen-bond acceptors (Lipinski definition) is 4. The van der Waals surface area contributed by atoms with Gasteiger partial charge in [-0.1, -0.05) is 48.5 Å². The summed E-state index contributed by atoms with van der Waals surface area (Å²) >= 11 is 0. The lowest BCUT2D eigenvalue weighted by molar-refractivity contribution is -0.149. The second-order valence-electron chi connectivity index (χ2n) is 7.65. The predicted molar refractivity (Wildman–Crippen MR) is 127 cm³/mol. The van der Waals surface area contributed by atoms with Gasteiger partial charge in [0.2, 0.25) is 0 Å². The Bertz CT molecular complexity index is 1070. The first-order valence-electron chi connectivity index (χ1n) is 10.8. The molecule has 0 spiro atoms. The van der Waals surface area contributed by atoms with Crippen LogP contribution in [0.5, 0.6) is 5.75 Å². The largest absolute Gasteiger partial charge is 0.490 e. The smallest absolute Gasteiger partial charge is 0.333 e. The highest BCUT2D eigenvalue weighted by Gasteiger charge is 2.23. The van der Waals surface area contributed by atoms with Gasteiger partial charge in [0.25, 0.3) is 0 Å². The monoisotopic (exact) mass is 429 g/mol. The van der Waals surface area contributed by atoms with Crippen molar-refractivity contribution in [1.82, 2.24) is 0 Å². The fourth-order valence-electron chi connectivity index (χ4n) is 4.06. The van der Waals surface area contributed by atoms with Gasteiger partial charge in [0, 0.05) is 42.6 Å². The Labute approximate surface area is 188 Å². The summed E-state index contributed by atoms with van der Waals surface area (Å²) in [7, 11) is 2.09. The van der Waals surface area contributed by atoms with Crippen LogP contribution < -0.4 is 9.64 Å². The van der Waals surface area contributed by atoms with E-state index in [1.165, 1.54) is 22.5 Å². The van der Waals surface area contributed by atoms with Gasteiger partial charge in [0.1, 0.15) is 12.4 Å². The van der Waals surface area contributed by atoms with Crippen LogP contribution in [0.25, 0.3) is 5.57 Å². The molecule has 0 amide bonds. The van der Waals surface area contributed by atoms with Crippen LogP contribution in [0.3, 0.4) is 0 Å². The zero-order valence-corrected chi connectivity index (χ0v) is 18.3. The molecule has 3 aromatic rings. The van der Waals surface area contributed by atoms with Gasteiger partial charge in [-0.05, 0) is 48.4 Å². The summed E-state index contributed by atoms with van der Waals surface area (Å²) in [6.07, 6.45) is 1.61. The van der Waals surface area contributed by atoms with E-state index in [9.17, 15) is 9.90 Å². The summed E-state index contributed by atoms with van der Waals surface area (Å²) in [5.41, 5.74) is 6.77. The number of ether oxygens (including phenoxy) is 2. The second kappa shape index (κ2) is 9.71. The molecule has 5 nitrogen and oxygen atoms in total.